The molecule has 2 N–H and O–H groups in total. The molecule has 1 aromatic carbocycles. The summed E-state index contributed by atoms with van der Waals surface area (Å²) in [5.41, 5.74) is 2.10. The summed E-state index contributed by atoms with van der Waals surface area (Å²) in [6.07, 6.45) is 4.79. The van der Waals surface area contributed by atoms with Gasteiger partial charge < -0.3 is 15.4 Å². The summed E-state index contributed by atoms with van der Waals surface area (Å²) < 4.78 is 5.78. The third kappa shape index (κ3) is 4.23. The molecule has 0 bridgehead atoms. The van der Waals surface area contributed by atoms with Crippen LogP contribution in [0.3, 0.4) is 0 Å². The van der Waals surface area contributed by atoms with E-state index in [0.29, 0.717) is 12.5 Å². The molecule has 0 aliphatic carbocycles. The Labute approximate surface area is 120 Å². The Morgan fingerprint density at radius 3 is 3.00 bits per heavy atom. The fraction of sp³-hybridized carbons (Fsp3) is 0.562. The number of amides is 1. The highest BCUT2D eigenvalue weighted by molar-refractivity contribution is 5.93. The van der Waals surface area contributed by atoms with Crippen molar-refractivity contribution in [2.45, 2.75) is 45.1 Å². The number of rotatable bonds is 7. The van der Waals surface area contributed by atoms with E-state index in [9.17, 15) is 4.79 Å². The zero-order valence-electron chi connectivity index (χ0n) is 12.4. The van der Waals surface area contributed by atoms with Crippen LogP contribution in [0.25, 0.3) is 0 Å². The summed E-state index contributed by atoms with van der Waals surface area (Å²) in [6.45, 7) is 2.94. The number of benzene rings is 1. The molecule has 110 valence electrons. The van der Waals surface area contributed by atoms with Crippen molar-refractivity contribution in [3.8, 4) is 5.75 Å². The van der Waals surface area contributed by atoms with Crippen LogP contribution in [0.4, 0.5) is 5.69 Å². The van der Waals surface area contributed by atoms with Crippen LogP contribution in [0.5, 0.6) is 5.75 Å². The summed E-state index contributed by atoms with van der Waals surface area (Å²) in [5.74, 6) is 1.01. The molecule has 1 heterocycles. The highest BCUT2D eigenvalue weighted by atomic mass is 16.5. The van der Waals surface area contributed by atoms with Crippen LogP contribution in [-0.2, 0) is 11.2 Å². The predicted octanol–water partition coefficient (Wildman–Crippen LogP) is 2.73. The minimum Gasteiger partial charge on any atom is -0.494 e. The number of unbranched alkanes of at least 4 members (excludes halogenated alkanes) is 1. The number of hydrogen-bond acceptors (Lipinski definition) is 3. The molecule has 2 rings (SSSR count). The molecule has 0 spiro atoms. The van der Waals surface area contributed by atoms with Crippen LogP contribution in [0, 0.1) is 0 Å². The lowest BCUT2D eigenvalue weighted by Crippen LogP contribution is -2.20. The number of hydrogen-bond donors (Lipinski definition) is 2. The molecule has 0 saturated carbocycles. The Morgan fingerprint density at radius 2 is 2.20 bits per heavy atom. The van der Waals surface area contributed by atoms with Crippen molar-refractivity contribution in [2.75, 3.05) is 19.0 Å². The number of carbonyl (C=O) groups excluding carboxylic acids is 1. The molecule has 20 heavy (non-hydrogen) atoms. The van der Waals surface area contributed by atoms with Crippen LogP contribution in [0.1, 0.15) is 38.2 Å². The predicted molar refractivity (Wildman–Crippen MR) is 81.3 cm³/mol. The molecule has 1 atom stereocenters. The highest BCUT2D eigenvalue weighted by Gasteiger charge is 2.14. The summed E-state index contributed by atoms with van der Waals surface area (Å²) >= 11 is 0. The molecular formula is C16H24N2O2. The second-order valence-corrected chi connectivity index (χ2v) is 5.40. The van der Waals surface area contributed by atoms with Gasteiger partial charge in [0.05, 0.1) is 6.61 Å². The summed E-state index contributed by atoms with van der Waals surface area (Å²) in [4.78, 5) is 11.3. The largest absolute Gasteiger partial charge is 0.494 e. The first-order chi connectivity index (χ1) is 9.69. The van der Waals surface area contributed by atoms with Crippen molar-refractivity contribution < 1.29 is 9.53 Å². The summed E-state index contributed by atoms with van der Waals surface area (Å²) in [6, 6.07) is 6.48. The second kappa shape index (κ2) is 7.29. The van der Waals surface area contributed by atoms with Crippen LogP contribution < -0.4 is 15.4 Å². The fourth-order valence-corrected chi connectivity index (χ4v) is 2.34. The Balaban J connectivity index is 1.75. The lowest BCUT2D eigenvalue weighted by molar-refractivity contribution is -0.116. The molecule has 1 aromatic rings. The van der Waals surface area contributed by atoms with E-state index in [0.717, 1.165) is 30.9 Å². The van der Waals surface area contributed by atoms with Crippen molar-refractivity contribution in [1.82, 2.24) is 5.32 Å². The van der Waals surface area contributed by atoms with Gasteiger partial charge in [-0.05, 0) is 63.4 Å². The van der Waals surface area contributed by atoms with Gasteiger partial charge in [-0.15, -0.1) is 0 Å². The first-order valence-corrected chi connectivity index (χ1v) is 7.42. The molecule has 4 nitrogen and oxygen atoms in total. The van der Waals surface area contributed by atoms with E-state index in [-0.39, 0.29) is 5.91 Å². The highest BCUT2D eigenvalue weighted by Crippen LogP contribution is 2.26. The Morgan fingerprint density at radius 1 is 1.35 bits per heavy atom. The molecule has 1 aliphatic heterocycles. The maximum absolute atomic E-state index is 11.3. The average Bonchev–Trinajstić information content (AvgIpc) is 2.46. The second-order valence-electron chi connectivity index (χ2n) is 5.40. The van der Waals surface area contributed by atoms with Crippen LogP contribution in [0.2, 0.25) is 0 Å². The van der Waals surface area contributed by atoms with Crippen molar-refractivity contribution in [3.05, 3.63) is 23.8 Å². The maximum atomic E-state index is 11.3. The monoisotopic (exact) mass is 276 g/mol. The van der Waals surface area contributed by atoms with Gasteiger partial charge in [-0.25, -0.2) is 0 Å². The number of nitrogens with one attached hydrogen (secondary N) is 2. The number of aryl methyl sites for hydroxylation is 1. The number of fused-ring (bicyclic) bond motifs is 1. The topological polar surface area (TPSA) is 50.4 Å². The zero-order valence-corrected chi connectivity index (χ0v) is 12.4. The summed E-state index contributed by atoms with van der Waals surface area (Å²) in [7, 11) is 1.99. The van der Waals surface area contributed by atoms with Crippen LogP contribution in [0.15, 0.2) is 18.2 Å². The van der Waals surface area contributed by atoms with Crippen LogP contribution in [-0.4, -0.2) is 25.6 Å². The quantitative estimate of drug-likeness (QED) is 0.753. The molecule has 0 aromatic heterocycles. The smallest absolute Gasteiger partial charge is 0.224 e. The van der Waals surface area contributed by atoms with E-state index in [1.165, 1.54) is 18.4 Å². The first-order valence-electron chi connectivity index (χ1n) is 7.42. The normalized spacial score (nSPS) is 15.4. The summed E-state index contributed by atoms with van der Waals surface area (Å²) in [5, 5.41) is 6.12. The van der Waals surface area contributed by atoms with Gasteiger partial charge in [-0.1, -0.05) is 0 Å². The molecule has 0 fully saturated rings. The van der Waals surface area contributed by atoms with Crippen LogP contribution >= 0.6 is 0 Å². The standard InChI is InChI=1S/C16H24N2O2/c1-12(17-2)5-3-4-10-20-14-7-8-15-13(11-14)6-9-16(19)18-15/h7-8,11-12,17H,3-6,9-10H2,1-2H3,(H,18,19). The zero-order chi connectivity index (χ0) is 14.4. The van der Waals surface area contributed by atoms with E-state index < -0.39 is 0 Å². The lowest BCUT2D eigenvalue weighted by Gasteiger charge is -2.17. The molecule has 1 aliphatic rings. The van der Waals surface area contributed by atoms with Gasteiger partial charge in [-0.3, -0.25) is 4.79 Å². The van der Waals surface area contributed by atoms with Crippen molar-refractivity contribution in [3.63, 3.8) is 0 Å². The third-order valence-electron chi connectivity index (χ3n) is 3.77. The van der Waals surface area contributed by atoms with E-state index >= 15 is 0 Å². The van der Waals surface area contributed by atoms with Gasteiger partial charge in [0, 0.05) is 18.2 Å². The Hall–Kier alpha value is -1.55. The van der Waals surface area contributed by atoms with Crippen molar-refractivity contribution in [1.29, 1.82) is 0 Å². The molecule has 1 amide bonds. The molecular weight excluding hydrogens is 252 g/mol. The maximum Gasteiger partial charge on any atom is 0.224 e. The van der Waals surface area contributed by atoms with Gasteiger partial charge >= 0.3 is 0 Å². The van der Waals surface area contributed by atoms with Gasteiger partial charge in [0.15, 0.2) is 0 Å². The van der Waals surface area contributed by atoms with E-state index in [2.05, 4.69) is 17.6 Å². The van der Waals surface area contributed by atoms with Gasteiger partial charge in [0.2, 0.25) is 5.91 Å². The Kier molecular flexibility index (Phi) is 5.41. The van der Waals surface area contributed by atoms with E-state index in [4.69, 9.17) is 4.74 Å². The minimum absolute atomic E-state index is 0.102. The average molecular weight is 276 g/mol. The van der Waals surface area contributed by atoms with Gasteiger partial charge in [0.1, 0.15) is 5.75 Å². The van der Waals surface area contributed by atoms with Gasteiger partial charge in [0.25, 0.3) is 0 Å². The number of anilines is 1. The Bertz CT molecular complexity index is 460. The van der Waals surface area contributed by atoms with Crippen molar-refractivity contribution >= 4 is 11.6 Å². The molecule has 4 heteroatoms. The molecule has 1 unspecified atom stereocenters. The minimum atomic E-state index is 0.102. The molecule has 0 saturated heterocycles. The lowest BCUT2D eigenvalue weighted by atomic mass is 10.0. The molecule has 0 radical (unpaired) electrons. The van der Waals surface area contributed by atoms with Gasteiger partial charge in [-0.2, -0.15) is 0 Å². The van der Waals surface area contributed by atoms with E-state index in [1.54, 1.807) is 0 Å². The SMILES string of the molecule is CNC(C)CCCCOc1ccc2c(c1)CCC(=O)N2. The van der Waals surface area contributed by atoms with Crippen molar-refractivity contribution in [2.24, 2.45) is 0 Å². The fourth-order valence-electron chi connectivity index (χ4n) is 2.34. The first kappa shape index (κ1) is 14.9. The third-order valence-corrected chi connectivity index (χ3v) is 3.77. The number of carbonyl (C=O) groups is 1. The number of ether oxygens (including phenoxy) is 1. The van der Waals surface area contributed by atoms with E-state index in [1.807, 2.05) is 25.2 Å².